The molecule has 0 amide bonds. The van der Waals surface area contributed by atoms with E-state index in [9.17, 15) is 10.4 Å². The lowest BCUT2D eigenvalue weighted by molar-refractivity contribution is -0.0592. The van der Waals surface area contributed by atoms with Crippen LogP contribution in [0.5, 0.6) is 5.75 Å². The Kier molecular flexibility index (Phi) is 4.49. The van der Waals surface area contributed by atoms with Crippen molar-refractivity contribution in [2.75, 3.05) is 4.90 Å². The van der Waals surface area contributed by atoms with Crippen LogP contribution in [0, 0.1) is 11.3 Å². The molecule has 0 unspecified atom stereocenters. The summed E-state index contributed by atoms with van der Waals surface area (Å²) in [6.07, 6.45) is 5.57. The summed E-state index contributed by atoms with van der Waals surface area (Å²) in [6, 6.07) is 10.6. The van der Waals surface area contributed by atoms with Crippen molar-refractivity contribution in [3.05, 3.63) is 72.1 Å². The maximum atomic E-state index is 11.2. The van der Waals surface area contributed by atoms with E-state index in [0.29, 0.717) is 23.7 Å². The molecule has 142 valence electrons. The Labute approximate surface area is 162 Å². The molecule has 7 heteroatoms. The minimum atomic E-state index is -0.883. The normalized spacial score (nSPS) is 19.9. The third-order valence-electron chi connectivity index (χ3n) is 4.93. The quantitative estimate of drug-likeness (QED) is 0.747. The number of rotatable bonds is 4. The van der Waals surface area contributed by atoms with Gasteiger partial charge in [-0.05, 0) is 44.2 Å². The van der Waals surface area contributed by atoms with Gasteiger partial charge in [-0.2, -0.15) is 5.26 Å². The van der Waals surface area contributed by atoms with E-state index in [0.717, 1.165) is 11.3 Å². The van der Waals surface area contributed by atoms with Crippen LogP contribution in [0.3, 0.4) is 0 Å². The second-order valence-electron chi connectivity index (χ2n) is 7.23. The topological polar surface area (TPSA) is 95.4 Å². The number of nitriles is 1. The maximum Gasteiger partial charge on any atom is 0.148 e. The minimum absolute atomic E-state index is 0.375. The standard InChI is InChI=1S/C21H20N4O3/c1-21(2)20(26)19(16-10-14(11-22)5-6-17(16)28-21)25(13-15-4-3-9-27-15)18-12-23-7-8-24-18/h3-10,12,19-20,26H,13H2,1-2H3/t19-,20+/m0/s1. The van der Waals surface area contributed by atoms with Gasteiger partial charge in [0.25, 0.3) is 0 Å². The highest BCUT2D eigenvalue weighted by Gasteiger charge is 2.46. The first kappa shape index (κ1) is 18.0. The molecule has 0 spiro atoms. The van der Waals surface area contributed by atoms with Gasteiger partial charge in [-0.15, -0.1) is 0 Å². The molecular formula is C21H20N4O3. The summed E-state index contributed by atoms with van der Waals surface area (Å²) in [6.45, 7) is 4.06. The van der Waals surface area contributed by atoms with Gasteiger partial charge in [0.05, 0.1) is 36.7 Å². The molecule has 0 fully saturated rings. The van der Waals surface area contributed by atoms with Crippen LogP contribution < -0.4 is 9.64 Å². The van der Waals surface area contributed by atoms with Gasteiger partial charge in [-0.3, -0.25) is 4.98 Å². The Morgan fingerprint density at radius 3 is 2.82 bits per heavy atom. The molecule has 1 aliphatic heterocycles. The van der Waals surface area contributed by atoms with Crippen LogP contribution in [0.25, 0.3) is 0 Å². The van der Waals surface area contributed by atoms with Gasteiger partial charge < -0.3 is 19.2 Å². The van der Waals surface area contributed by atoms with E-state index < -0.39 is 17.7 Å². The van der Waals surface area contributed by atoms with Crippen LogP contribution in [0.15, 0.2) is 59.6 Å². The van der Waals surface area contributed by atoms with Crippen LogP contribution in [-0.2, 0) is 6.54 Å². The largest absolute Gasteiger partial charge is 0.485 e. The monoisotopic (exact) mass is 376 g/mol. The van der Waals surface area contributed by atoms with Crippen molar-refractivity contribution < 1.29 is 14.3 Å². The smallest absolute Gasteiger partial charge is 0.148 e. The van der Waals surface area contributed by atoms with E-state index in [2.05, 4.69) is 16.0 Å². The molecule has 2 atom stereocenters. The number of aliphatic hydroxyl groups is 1. The summed E-state index contributed by atoms with van der Waals surface area (Å²) in [5, 5.41) is 20.6. The number of furan rings is 1. The number of aromatic nitrogens is 2. The number of fused-ring (bicyclic) bond motifs is 1. The molecule has 0 bridgehead atoms. The van der Waals surface area contributed by atoms with E-state index in [1.807, 2.05) is 30.9 Å². The highest BCUT2D eigenvalue weighted by molar-refractivity contribution is 5.51. The van der Waals surface area contributed by atoms with Gasteiger partial charge >= 0.3 is 0 Å². The molecule has 3 aromatic rings. The average Bonchev–Trinajstić information content (AvgIpc) is 3.21. The Balaban J connectivity index is 1.87. The fraction of sp³-hybridized carbons (Fsp3) is 0.286. The molecule has 28 heavy (non-hydrogen) atoms. The minimum Gasteiger partial charge on any atom is -0.485 e. The molecule has 0 radical (unpaired) electrons. The summed E-state index contributed by atoms with van der Waals surface area (Å²) in [5.41, 5.74) is 0.384. The highest BCUT2D eigenvalue weighted by atomic mass is 16.5. The van der Waals surface area contributed by atoms with Crippen molar-refractivity contribution in [3.63, 3.8) is 0 Å². The summed E-state index contributed by atoms with van der Waals surface area (Å²) in [4.78, 5) is 10.5. The van der Waals surface area contributed by atoms with Crippen LogP contribution in [0.1, 0.15) is 36.8 Å². The molecule has 1 N–H and O–H groups in total. The summed E-state index contributed by atoms with van der Waals surface area (Å²) in [7, 11) is 0. The molecule has 2 aromatic heterocycles. The van der Waals surface area contributed by atoms with Crippen LogP contribution in [0.4, 0.5) is 5.82 Å². The van der Waals surface area contributed by atoms with Gasteiger partial charge in [0.15, 0.2) is 0 Å². The molecule has 7 nitrogen and oxygen atoms in total. The van der Waals surface area contributed by atoms with Crippen LogP contribution in [0.2, 0.25) is 0 Å². The summed E-state index contributed by atoms with van der Waals surface area (Å²) >= 11 is 0. The second-order valence-corrected chi connectivity index (χ2v) is 7.23. The number of ether oxygens (including phenoxy) is 1. The van der Waals surface area contributed by atoms with E-state index in [-0.39, 0.29) is 0 Å². The van der Waals surface area contributed by atoms with Crippen molar-refractivity contribution in [1.29, 1.82) is 5.26 Å². The number of hydrogen-bond donors (Lipinski definition) is 1. The SMILES string of the molecule is CC1(C)Oc2ccc(C#N)cc2[C@H](N(Cc2ccco2)c2cnccn2)[C@H]1O. The Hall–Kier alpha value is -3.37. The van der Waals surface area contributed by atoms with Crippen molar-refractivity contribution in [1.82, 2.24) is 9.97 Å². The van der Waals surface area contributed by atoms with Gasteiger partial charge in [0.2, 0.25) is 0 Å². The first-order valence-electron chi connectivity index (χ1n) is 8.96. The Morgan fingerprint density at radius 2 is 2.14 bits per heavy atom. The van der Waals surface area contributed by atoms with Crippen molar-refractivity contribution in [2.24, 2.45) is 0 Å². The zero-order chi connectivity index (χ0) is 19.7. The van der Waals surface area contributed by atoms with Crippen molar-refractivity contribution >= 4 is 5.82 Å². The summed E-state index contributed by atoms with van der Waals surface area (Å²) in [5.74, 6) is 1.95. The predicted octanol–water partition coefficient (Wildman–Crippen LogP) is 3.22. The van der Waals surface area contributed by atoms with Crippen molar-refractivity contribution in [3.8, 4) is 11.8 Å². The lowest BCUT2D eigenvalue weighted by Gasteiger charge is -2.46. The molecule has 0 saturated heterocycles. The van der Waals surface area contributed by atoms with Gasteiger partial charge in [-0.25, -0.2) is 4.98 Å². The predicted molar refractivity (Wildman–Crippen MR) is 102 cm³/mol. The number of anilines is 1. The van der Waals surface area contributed by atoms with E-state index in [1.54, 1.807) is 43.1 Å². The number of hydrogen-bond acceptors (Lipinski definition) is 7. The fourth-order valence-electron chi connectivity index (χ4n) is 3.51. The molecular weight excluding hydrogens is 356 g/mol. The van der Waals surface area contributed by atoms with E-state index in [4.69, 9.17) is 9.15 Å². The lowest BCUT2D eigenvalue weighted by atomic mass is 9.85. The summed E-state index contributed by atoms with van der Waals surface area (Å²) < 4.78 is 11.6. The number of benzene rings is 1. The maximum absolute atomic E-state index is 11.2. The van der Waals surface area contributed by atoms with E-state index in [1.165, 1.54) is 0 Å². The fourth-order valence-corrected chi connectivity index (χ4v) is 3.51. The van der Waals surface area contributed by atoms with Crippen LogP contribution >= 0.6 is 0 Å². The second kappa shape index (κ2) is 6.98. The molecule has 0 saturated carbocycles. The van der Waals surface area contributed by atoms with E-state index >= 15 is 0 Å². The first-order chi connectivity index (χ1) is 13.5. The zero-order valence-electron chi connectivity index (χ0n) is 15.6. The molecule has 1 aliphatic rings. The molecule has 3 heterocycles. The molecule has 0 aliphatic carbocycles. The molecule has 4 rings (SSSR count). The van der Waals surface area contributed by atoms with Gasteiger partial charge in [0.1, 0.15) is 29.0 Å². The van der Waals surface area contributed by atoms with Gasteiger partial charge in [0, 0.05) is 18.0 Å². The van der Waals surface area contributed by atoms with Gasteiger partial charge in [-0.1, -0.05) is 0 Å². The molecule has 1 aromatic carbocycles. The highest BCUT2D eigenvalue weighted by Crippen LogP contribution is 2.44. The number of aliphatic hydroxyl groups excluding tert-OH is 1. The first-order valence-corrected chi connectivity index (χ1v) is 8.96. The lowest BCUT2D eigenvalue weighted by Crippen LogP contribution is -2.53. The average molecular weight is 376 g/mol. The van der Waals surface area contributed by atoms with Crippen LogP contribution in [-0.4, -0.2) is 26.8 Å². The number of nitrogens with zero attached hydrogens (tertiary/aromatic N) is 4. The third-order valence-corrected chi connectivity index (χ3v) is 4.93. The third kappa shape index (κ3) is 3.19. The van der Waals surface area contributed by atoms with Crippen molar-refractivity contribution in [2.45, 2.75) is 38.1 Å². The Bertz CT molecular complexity index is 996. The Morgan fingerprint density at radius 1 is 1.29 bits per heavy atom. The zero-order valence-corrected chi connectivity index (χ0v) is 15.6.